The first-order valence-corrected chi connectivity index (χ1v) is 8.84. The van der Waals surface area contributed by atoms with Gasteiger partial charge < -0.3 is 15.4 Å². The molecule has 1 aliphatic carbocycles. The monoisotopic (exact) mass is 445 g/mol. The van der Waals surface area contributed by atoms with Crippen LogP contribution in [-0.2, 0) is 17.9 Å². The van der Waals surface area contributed by atoms with Crippen molar-refractivity contribution >= 4 is 29.9 Å². The summed E-state index contributed by atoms with van der Waals surface area (Å²) in [6, 6.07) is 9.11. The van der Waals surface area contributed by atoms with Crippen LogP contribution < -0.4 is 10.6 Å². The molecule has 4 nitrogen and oxygen atoms in total. The number of hydrogen-bond acceptors (Lipinski definition) is 2. The van der Waals surface area contributed by atoms with E-state index in [2.05, 4.69) is 53.7 Å². The third-order valence-corrected chi connectivity index (χ3v) is 4.20. The molecule has 5 heteroatoms. The van der Waals surface area contributed by atoms with E-state index in [1.807, 2.05) is 7.05 Å². The topological polar surface area (TPSA) is 45.7 Å². The number of guanidine groups is 1. The molecule has 1 aromatic carbocycles. The standard InChI is InChI=1S/C19H31N3O.HI/c1-15(2)23-14-17-9-7-8-16(12-17)13-21-19(20-3)22-18-10-5-4-6-11-18;/h7-9,12,15,18H,4-6,10-11,13-14H2,1-3H3,(H2,20,21,22);1H. The Balaban J connectivity index is 0.00000288. The molecule has 0 heterocycles. The van der Waals surface area contributed by atoms with Gasteiger partial charge in [0, 0.05) is 19.6 Å². The first kappa shape index (κ1) is 21.2. The van der Waals surface area contributed by atoms with Crippen LogP contribution in [0.1, 0.15) is 57.1 Å². The maximum absolute atomic E-state index is 5.67. The van der Waals surface area contributed by atoms with E-state index in [1.54, 1.807) is 0 Å². The van der Waals surface area contributed by atoms with Crippen LogP contribution in [-0.4, -0.2) is 25.2 Å². The van der Waals surface area contributed by atoms with Crippen LogP contribution in [0.4, 0.5) is 0 Å². The highest BCUT2D eigenvalue weighted by Gasteiger charge is 2.14. The SMILES string of the molecule is CN=C(NCc1cccc(COC(C)C)c1)NC1CCCCC1.I. The first-order chi connectivity index (χ1) is 11.2. The molecule has 0 aliphatic heterocycles. The summed E-state index contributed by atoms with van der Waals surface area (Å²) >= 11 is 0. The number of rotatable bonds is 6. The summed E-state index contributed by atoms with van der Waals surface area (Å²) in [6.07, 6.45) is 6.79. The minimum Gasteiger partial charge on any atom is -0.374 e. The molecule has 0 spiro atoms. The summed E-state index contributed by atoms with van der Waals surface area (Å²) in [6.45, 7) is 5.57. The van der Waals surface area contributed by atoms with Crippen molar-refractivity contribution in [1.82, 2.24) is 10.6 Å². The van der Waals surface area contributed by atoms with E-state index in [0.29, 0.717) is 12.6 Å². The van der Waals surface area contributed by atoms with Gasteiger partial charge in [-0.15, -0.1) is 24.0 Å². The van der Waals surface area contributed by atoms with E-state index >= 15 is 0 Å². The number of halogens is 1. The van der Waals surface area contributed by atoms with Crippen molar-refractivity contribution < 1.29 is 4.74 Å². The summed E-state index contributed by atoms with van der Waals surface area (Å²) in [7, 11) is 1.84. The number of nitrogens with one attached hydrogen (secondary N) is 2. The van der Waals surface area contributed by atoms with Gasteiger partial charge in [-0.25, -0.2) is 0 Å². The molecule has 1 fully saturated rings. The smallest absolute Gasteiger partial charge is 0.191 e. The summed E-state index contributed by atoms with van der Waals surface area (Å²) < 4.78 is 5.67. The fraction of sp³-hybridized carbons (Fsp3) is 0.632. The Morgan fingerprint density at radius 1 is 1.21 bits per heavy atom. The van der Waals surface area contributed by atoms with E-state index < -0.39 is 0 Å². The van der Waals surface area contributed by atoms with Crippen molar-refractivity contribution in [2.24, 2.45) is 4.99 Å². The summed E-state index contributed by atoms with van der Waals surface area (Å²) in [5, 5.41) is 6.97. The van der Waals surface area contributed by atoms with Crippen LogP contribution in [0.3, 0.4) is 0 Å². The Hall–Kier alpha value is -0.820. The molecule has 1 saturated carbocycles. The second-order valence-corrected chi connectivity index (χ2v) is 6.58. The summed E-state index contributed by atoms with van der Waals surface area (Å²) in [4.78, 5) is 4.35. The molecule has 1 aliphatic rings. The Kier molecular flexibility index (Phi) is 10.3. The zero-order chi connectivity index (χ0) is 16.5. The molecule has 0 bridgehead atoms. The lowest BCUT2D eigenvalue weighted by Gasteiger charge is -2.25. The minimum absolute atomic E-state index is 0. The van der Waals surface area contributed by atoms with E-state index in [0.717, 1.165) is 12.5 Å². The zero-order valence-corrected chi connectivity index (χ0v) is 17.5. The van der Waals surface area contributed by atoms with Crippen molar-refractivity contribution in [1.29, 1.82) is 0 Å². The van der Waals surface area contributed by atoms with E-state index in [9.17, 15) is 0 Å². The molecular formula is C19H32IN3O. The lowest BCUT2D eigenvalue weighted by atomic mass is 9.96. The highest BCUT2D eigenvalue weighted by molar-refractivity contribution is 14.0. The van der Waals surface area contributed by atoms with Crippen LogP contribution in [0, 0.1) is 0 Å². The van der Waals surface area contributed by atoms with Gasteiger partial charge in [0.2, 0.25) is 0 Å². The largest absolute Gasteiger partial charge is 0.374 e. The minimum atomic E-state index is 0. The maximum Gasteiger partial charge on any atom is 0.191 e. The van der Waals surface area contributed by atoms with Crippen molar-refractivity contribution in [2.45, 2.75) is 71.2 Å². The summed E-state index contributed by atoms with van der Waals surface area (Å²) in [5.74, 6) is 0.903. The Morgan fingerprint density at radius 3 is 2.58 bits per heavy atom. The number of benzene rings is 1. The van der Waals surface area contributed by atoms with E-state index in [-0.39, 0.29) is 30.1 Å². The van der Waals surface area contributed by atoms with Crippen molar-refractivity contribution in [3.63, 3.8) is 0 Å². The second kappa shape index (κ2) is 11.7. The van der Waals surface area contributed by atoms with E-state index in [1.165, 1.54) is 43.2 Å². The van der Waals surface area contributed by atoms with Gasteiger partial charge in [-0.3, -0.25) is 4.99 Å². The highest BCUT2D eigenvalue weighted by atomic mass is 127. The Labute approximate surface area is 163 Å². The molecule has 0 radical (unpaired) electrons. The fourth-order valence-corrected chi connectivity index (χ4v) is 2.91. The van der Waals surface area contributed by atoms with Crippen molar-refractivity contribution in [2.75, 3.05) is 7.05 Å². The normalized spacial score (nSPS) is 15.9. The molecule has 0 saturated heterocycles. The van der Waals surface area contributed by atoms with Crippen LogP contribution in [0.5, 0.6) is 0 Å². The predicted octanol–water partition coefficient (Wildman–Crippen LogP) is 4.23. The van der Waals surface area contributed by atoms with Gasteiger partial charge in [0.1, 0.15) is 0 Å². The molecule has 2 N–H and O–H groups in total. The Morgan fingerprint density at radius 2 is 1.92 bits per heavy atom. The fourth-order valence-electron chi connectivity index (χ4n) is 2.91. The van der Waals surface area contributed by atoms with Gasteiger partial charge in [0.25, 0.3) is 0 Å². The molecule has 0 amide bonds. The van der Waals surface area contributed by atoms with Gasteiger partial charge in [-0.05, 0) is 37.8 Å². The molecule has 24 heavy (non-hydrogen) atoms. The Bertz CT molecular complexity index is 499. The first-order valence-electron chi connectivity index (χ1n) is 8.84. The quantitative estimate of drug-likeness (QED) is 0.392. The molecule has 0 atom stereocenters. The highest BCUT2D eigenvalue weighted by Crippen LogP contribution is 2.17. The number of ether oxygens (including phenoxy) is 1. The van der Waals surface area contributed by atoms with Gasteiger partial charge in [-0.1, -0.05) is 43.5 Å². The molecule has 136 valence electrons. The average Bonchev–Trinajstić information content (AvgIpc) is 2.58. The van der Waals surface area contributed by atoms with Crippen molar-refractivity contribution in [3.05, 3.63) is 35.4 Å². The molecular weight excluding hydrogens is 413 g/mol. The van der Waals surface area contributed by atoms with Crippen LogP contribution >= 0.6 is 24.0 Å². The number of nitrogens with zero attached hydrogens (tertiary/aromatic N) is 1. The number of hydrogen-bond donors (Lipinski definition) is 2. The van der Waals surface area contributed by atoms with Crippen LogP contribution in [0.15, 0.2) is 29.3 Å². The van der Waals surface area contributed by atoms with E-state index in [4.69, 9.17) is 4.74 Å². The van der Waals surface area contributed by atoms with Gasteiger partial charge in [-0.2, -0.15) is 0 Å². The van der Waals surface area contributed by atoms with Crippen LogP contribution in [0.2, 0.25) is 0 Å². The third kappa shape index (κ3) is 7.83. The summed E-state index contributed by atoms with van der Waals surface area (Å²) in [5.41, 5.74) is 2.47. The predicted molar refractivity (Wildman–Crippen MR) is 112 cm³/mol. The van der Waals surface area contributed by atoms with Crippen LogP contribution in [0.25, 0.3) is 0 Å². The molecule has 2 rings (SSSR count). The van der Waals surface area contributed by atoms with Crippen molar-refractivity contribution in [3.8, 4) is 0 Å². The van der Waals surface area contributed by atoms with Gasteiger partial charge >= 0.3 is 0 Å². The van der Waals surface area contributed by atoms with Gasteiger partial charge in [0.05, 0.1) is 12.7 Å². The molecule has 0 unspecified atom stereocenters. The molecule has 1 aromatic rings. The second-order valence-electron chi connectivity index (χ2n) is 6.58. The van der Waals surface area contributed by atoms with Gasteiger partial charge in [0.15, 0.2) is 5.96 Å². The average molecular weight is 445 g/mol. The zero-order valence-electron chi connectivity index (χ0n) is 15.2. The third-order valence-electron chi connectivity index (χ3n) is 4.20. The molecule has 0 aromatic heterocycles. The lowest BCUT2D eigenvalue weighted by Crippen LogP contribution is -2.43. The number of aliphatic imine (C=N–C) groups is 1. The maximum atomic E-state index is 5.67. The lowest BCUT2D eigenvalue weighted by molar-refractivity contribution is 0.0657.